The largest absolute Gasteiger partial charge is 0.490 e. The van der Waals surface area contributed by atoms with Crippen LogP contribution in [0.5, 0.6) is 5.75 Å². The van der Waals surface area contributed by atoms with Gasteiger partial charge in [-0.2, -0.15) is 0 Å². The summed E-state index contributed by atoms with van der Waals surface area (Å²) in [7, 11) is -1.50. The topological polar surface area (TPSA) is 62.6 Å². The molecule has 1 rings (SSSR count). The van der Waals surface area contributed by atoms with Crippen molar-refractivity contribution < 1.29 is 14.8 Å². The molecule has 0 aliphatic rings. The maximum Gasteiger partial charge on any atom is 0.490 e. The van der Waals surface area contributed by atoms with Crippen LogP contribution in [0.4, 0.5) is 0 Å². The summed E-state index contributed by atoms with van der Waals surface area (Å²) in [5.41, 5.74) is 0.332. The summed E-state index contributed by atoms with van der Waals surface area (Å²) >= 11 is 0. The van der Waals surface area contributed by atoms with Crippen LogP contribution in [0.1, 0.15) is 13.8 Å². The van der Waals surface area contributed by atoms with Gasteiger partial charge in [0.2, 0.25) is 0 Å². The molecule has 0 aliphatic carbocycles. The Morgan fingerprint density at radius 1 is 1.38 bits per heavy atom. The predicted molar refractivity (Wildman–Crippen MR) is 49.8 cm³/mol. The van der Waals surface area contributed by atoms with E-state index < -0.39 is 7.12 Å². The second kappa shape index (κ2) is 4.25. The molecule has 0 saturated heterocycles. The van der Waals surface area contributed by atoms with Gasteiger partial charge in [0.25, 0.3) is 0 Å². The molecule has 70 valence electrons. The third-order valence-corrected chi connectivity index (χ3v) is 1.40. The number of aromatic nitrogens is 1. The van der Waals surface area contributed by atoms with E-state index in [1.54, 1.807) is 6.07 Å². The van der Waals surface area contributed by atoms with Gasteiger partial charge in [0.1, 0.15) is 5.75 Å². The zero-order valence-electron chi connectivity index (χ0n) is 7.64. The summed E-state index contributed by atoms with van der Waals surface area (Å²) in [6.07, 6.45) is 2.97. The minimum absolute atomic E-state index is 0.0490. The highest BCUT2D eigenvalue weighted by Crippen LogP contribution is 2.07. The molecule has 2 N–H and O–H groups in total. The van der Waals surface area contributed by atoms with Crippen molar-refractivity contribution in [3.8, 4) is 5.75 Å². The van der Waals surface area contributed by atoms with Crippen molar-refractivity contribution in [1.29, 1.82) is 0 Å². The summed E-state index contributed by atoms with van der Waals surface area (Å²) in [6.45, 7) is 3.78. The van der Waals surface area contributed by atoms with Crippen molar-refractivity contribution in [3.63, 3.8) is 0 Å². The van der Waals surface area contributed by atoms with Gasteiger partial charge in [-0.15, -0.1) is 0 Å². The van der Waals surface area contributed by atoms with Crippen LogP contribution >= 0.6 is 0 Å². The molecule has 1 heterocycles. The molecular weight excluding hydrogens is 169 g/mol. The van der Waals surface area contributed by atoms with E-state index in [4.69, 9.17) is 14.8 Å². The maximum atomic E-state index is 8.84. The van der Waals surface area contributed by atoms with E-state index in [0.29, 0.717) is 11.2 Å². The van der Waals surface area contributed by atoms with Gasteiger partial charge in [0.05, 0.1) is 12.3 Å². The lowest BCUT2D eigenvalue weighted by Crippen LogP contribution is -2.30. The average molecular weight is 181 g/mol. The first-order valence-corrected chi connectivity index (χ1v) is 4.07. The van der Waals surface area contributed by atoms with E-state index >= 15 is 0 Å². The van der Waals surface area contributed by atoms with Crippen LogP contribution in [0.2, 0.25) is 0 Å². The third-order valence-electron chi connectivity index (χ3n) is 1.40. The lowest BCUT2D eigenvalue weighted by molar-refractivity contribution is 0.241. The van der Waals surface area contributed by atoms with Gasteiger partial charge >= 0.3 is 7.12 Å². The standard InChI is InChI=1S/C8H12BNO3/c1-6(2)13-8-3-7(9(11)12)4-10-5-8/h3-6,11-12H,1-2H3. The zero-order valence-corrected chi connectivity index (χ0v) is 7.64. The molecule has 0 saturated carbocycles. The minimum atomic E-state index is -1.50. The molecular formula is C8H12BNO3. The first kappa shape index (κ1) is 10.0. The molecule has 0 fully saturated rings. The van der Waals surface area contributed by atoms with Crippen LogP contribution in [0, 0.1) is 0 Å². The van der Waals surface area contributed by atoms with Gasteiger partial charge in [0, 0.05) is 11.7 Å². The highest BCUT2D eigenvalue weighted by atomic mass is 16.5. The van der Waals surface area contributed by atoms with Gasteiger partial charge in [-0.05, 0) is 19.9 Å². The van der Waals surface area contributed by atoms with Crippen molar-refractivity contribution in [2.75, 3.05) is 0 Å². The van der Waals surface area contributed by atoms with Crippen LogP contribution in [-0.4, -0.2) is 28.3 Å². The zero-order chi connectivity index (χ0) is 9.84. The first-order valence-electron chi connectivity index (χ1n) is 4.07. The van der Waals surface area contributed by atoms with E-state index in [9.17, 15) is 0 Å². The number of hydrogen-bond acceptors (Lipinski definition) is 4. The van der Waals surface area contributed by atoms with Crippen molar-refractivity contribution in [3.05, 3.63) is 18.5 Å². The molecule has 0 unspecified atom stereocenters. The van der Waals surface area contributed by atoms with Crippen molar-refractivity contribution >= 4 is 12.6 Å². The van der Waals surface area contributed by atoms with Crippen molar-refractivity contribution in [1.82, 2.24) is 4.98 Å². The lowest BCUT2D eigenvalue weighted by atomic mass is 9.82. The quantitative estimate of drug-likeness (QED) is 0.620. The van der Waals surface area contributed by atoms with E-state index in [1.165, 1.54) is 12.4 Å². The Morgan fingerprint density at radius 3 is 2.62 bits per heavy atom. The molecule has 0 bridgehead atoms. The molecule has 0 aliphatic heterocycles. The van der Waals surface area contributed by atoms with Gasteiger partial charge < -0.3 is 14.8 Å². The molecule has 0 radical (unpaired) electrons. The fourth-order valence-corrected chi connectivity index (χ4v) is 0.913. The third kappa shape index (κ3) is 3.04. The van der Waals surface area contributed by atoms with Gasteiger partial charge in [-0.3, -0.25) is 4.98 Å². The minimum Gasteiger partial charge on any atom is -0.489 e. The van der Waals surface area contributed by atoms with Crippen LogP contribution in [-0.2, 0) is 0 Å². The number of hydrogen-bond donors (Lipinski definition) is 2. The number of ether oxygens (including phenoxy) is 1. The van der Waals surface area contributed by atoms with Gasteiger partial charge in [-0.25, -0.2) is 0 Å². The Morgan fingerprint density at radius 2 is 2.08 bits per heavy atom. The van der Waals surface area contributed by atoms with E-state index in [1.807, 2.05) is 13.8 Å². The fraction of sp³-hybridized carbons (Fsp3) is 0.375. The molecule has 0 amide bonds. The maximum absolute atomic E-state index is 8.84. The average Bonchev–Trinajstić information content (AvgIpc) is 2.03. The fourth-order valence-electron chi connectivity index (χ4n) is 0.913. The molecule has 1 aromatic heterocycles. The smallest absolute Gasteiger partial charge is 0.489 e. The Kier molecular flexibility index (Phi) is 3.28. The highest BCUT2D eigenvalue weighted by molar-refractivity contribution is 6.58. The molecule has 1 aromatic rings. The number of rotatable bonds is 3. The Bertz CT molecular complexity index is 278. The van der Waals surface area contributed by atoms with Crippen molar-refractivity contribution in [2.45, 2.75) is 20.0 Å². The van der Waals surface area contributed by atoms with E-state index in [0.717, 1.165) is 0 Å². The SMILES string of the molecule is CC(C)Oc1cncc(B(O)O)c1. The van der Waals surface area contributed by atoms with Crippen LogP contribution in [0.3, 0.4) is 0 Å². The summed E-state index contributed by atoms with van der Waals surface area (Å²) in [5.74, 6) is 0.542. The highest BCUT2D eigenvalue weighted by Gasteiger charge is 2.12. The van der Waals surface area contributed by atoms with E-state index in [2.05, 4.69) is 4.98 Å². The second-order valence-electron chi connectivity index (χ2n) is 2.99. The van der Waals surface area contributed by atoms with Gasteiger partial charge in [0.15, 0.2) is 0 Å². The van der Waals surface area contributed by atoms with Crippen molar-refractivity contribution in [2.24, 2.45) is 0 Å². The van der Waals surface area contributed by atoms with Crippen LogP contribution in [0.15, 0.2) is 18.5 Å². The van der Waals surface area contributed by atoms with Gasteiger partial charge in [-0.1, -0.05) is 0 Å². The van der Waals surface area contributed by atoms with Crippen LogP contribution in [0.25, 0.3) is 0 Å². The predicted octanol–water partition coefficient (Wildman–Crippen LogP) is -0.451. The Hall–Kier alpha value is -1.07. The Balaban J connectivity index is 2.79. The summed E-state index contributed by atoms with van der Waals surface area (Å²) in [4.78, 5) is 3.81. The summed E-state index contributed by atoms with van der Waals surface area (Å²) in [6, 6.07) is 1.55. The lowest BCUT2D eigenvalue weighted by Gasteiger charge is -2.09. The molecule has 0 atom stereocenters. The Labute approximate surface area is 77.3 Å². The van der Waals surface area contributed by atoms with Crippen LogP contribution < -0.4 is 10.2 Å². The molecule has 0 aromatic carbocycles. The molecule has 5 heteroatoms. The molecule has 4 nitrogen and oxygen atoms in total. The monoisotopic (exact) mass is 181 g/mol. The summed E-state index contributed by atoms with van der Waals surface area (Å²) < 4.78 is 5.32. The molecule has 0 spiro atoms. The van der Waals surface area contributed by atoms with E-state index in [-0.39, 0.29) is 6.10 Å². The molecule has 13 heavy (non-hydrogen) atoms. The first-order chi connectivity index (χ1) is 6.09. The number of nitrogens with zero attached hydrogens (tertiary/aromatic N) is 1. The normalized spacial score (nSPS) is 10.2. The number of pyridine rings is 1. The second-order valence-corrected chi connectivity index (χ2v) is 2.99. The summed E-state index contributed by atoms with van der Waals surface area (Å²) in [5, 5.41) is 17.7.